The van der Waals surface area contributed by atoms with Crippen molar-refractivity contribution < 1.29 is 29.0 Å². The van der Waals surface area contributed by atoms with E-state index in [1.807, 2.05) is 91.0 Å². The molecular weight excluding hydrogens is 546 g/mol. The first-order valence-corrected chi connectivity index (χ1v) is 14.2. The molecule has 0 aromatic heterocycles. The van der Waals surface area contributed by atoms with E-state index in [1.165, 1.54) is 0 Å². The zero-order valence-corrected chi connectivity index (χ0v) is 25.3. The molecule has 228 valence electrons. The predicted octanol–water partition coefficient (Wildman–Crippen LogP) is 5.00. The topological polar surface area (TPSA) is 134 Å². The molecule has 3 rings (SSSR count). The Hall–Kier alpha value is -4.66. The minimum Gasteiger partial charge on any atom is -0.481 e. The van der Waals surface area contributed by atoms with Gasteiger partial charge < -0.3 is 25.8 Å². The number of alkyl carbamates (subject to hydrolysis) is 1. The first-order chi connectivity index (χ1) is 20.2. The van der Waals surface area contributed by atoms with Crippen molar-refractivity contribution in [3.8, 4) is 0 Å². The standard InChI is InChI=1S/C34H41N3O6/c1-32(2,3)43-31(42)36-27(29(39)35-22-21-33(4,5)30(40)41)23-28(38)37-34(24-15-9-6-10-16-24,25-17-11-7-12-18-25)26-19-13-8-14-20-26/h6-20,27H,21-23H2,1-5H3,(H,35,39)(H,36,42)(H,37,38)(H,40,41). The zero-order chi connectivity index (χ0) is 31.7. The van der Waals surface area contributed by atoms with Crippen LogP contribution in [-0.4, -0.2) is 47.2 Å². The van der Waals surface area contributed by atoms with Gasteiger partial charge in [-0.3, -0.25) is 14.4 Å². The predicted molar refractivity (Wildman–Crippen MR) is 164 cm³/mol. The smallest absolute Gasteiger partial charge is 0.408 e. The van der Waals surface area contributed by atoms with E-state index in [0.29, 0.717) is 0 Å². The van der Waals surface area contributed by atoms with Crippen LogP contribution in [0.4, 0.5) is 4.79 Å². The van der Waals surface area contributed by atoms with Gasteiger partial charge in [0.05, 0.1) is 11.8 Å². The highest BCUT2D eigenvalue weighted by molar-refractivity contribution is 5.91. The second-order valence-electron chi connectivity index (χ2n) is 12.0. The Balaban J connectivity index is 1.96. The third kappa shape index (κ3) is 8.91. The Morgan fingerprint density at radius 3 is 1.58 bits per heavy atom. The summed E-state index contributed by atoms with van der Waals surface area (Å²) in [4.78, 5) is 51.4. The van der Waals surface area contributed by atoms with Crippen molar-refractivity contribution >= 4 is 23.9 Å². The number of carbonyl (C=O) groups is 4. The molecule has 9 nitrogen and oxygen atoms in total. The monoisotopic (exact) mass is 587 g/mol. The molecule has 1 atom stereocenters. The van der Waals surface area contributed by atoms with Crippen LogP contribution < -0.4 is 16.0 Å². The van der Waals surface area contributed by atoms with Crippen molar-refractivity contribution in [2.45, 2.75) is 64.6 Å². The maximum Gasteiger partial charge on any atom is 0.408 e. The molecule has 0 aliphatic carbocycles. The minimum atomic E-state index is -1.29. The second-order valence-corrected chi connectivity index (χ2v) is 12.0. The number of carboxylic acids is 1. The van der Waals surface area contributed by atoms with Crippen LogP contribution in [0, 0.1) is 5.41 Å². The summed E-state index contributed by atoms with van der Waals surface area (Å²) in [6.07, 6.45) is -1.10. The Labute approximate surface area is 253 Å². The highest BCUT2D eigenvalue weighted by Crippen LogP contribution is 2.37. The van der Waals surface area contributed by atoms with Crippen molar-refractivity contribution in [3.63, 3.8) is 0 Å². The first kappa shape index (κ1) is 32.8. The first-order valence-electron chi connectivity index (χ1n) is 14.2. The average Bonchev–Trinajstić information content (AvgIpc) is 2.95. The van der Waals surface area contributed by atoms with Crippen LogP contribution in [0.2, 0.25) is 0 Å². The van der Waals surface area contributed by atoms with Crippen molar-refractivity contribution in [2.24, 2.45) is 5.41 Å². The van der Waals surface area contributed by atoms with Gasteiger partial charge in [0.15, 0.2) is 0 Å². The fourth-order valence-corrected chi connectivity index (χ4v) is 4.61. The molecule has 3 amide bonds. The van der Waals surface area contributed by atoms with E-state index >= 15 is 0 Å². The van der Waals surface area contributed by atoms with E-state index in [-0.39, 0.29) is 13.0 Å². The van der Waals surface area contributed by atoms with Gasteiger partial charge >= 0.3 is 12.1 Å². The van der Waals surface area contributed by atoms with Crippen LogP contribution in [0.25, 0.3) is 0 Å². The van der Waals surface area contributed by atoms with Crippen LogP contribution in [0.3, 0.4) is 0 Å². The van der Waals surface area contributed by atoms with Crippen LogP contribution in [0.15, 0.2) is 91.0 Å². The SMILES string of the molecule is CC(C)(C)OC(=O)NC(CC(=O)NC(c1ccccc1)(c1ccccc1)c1ccccc1)C(=O)NCCC(C)(C)C(=O)O. The van der Waals surface area contributed by atoms with Gasteiger partial charge in [-0.1, -0.05) is 91.0 Å². The number of amides is 3. The summed E-state index contributed by atoms with van der Waals surface area (Å²) < 4.78 is 5.36. The summed E-state index contributed by atoms with van der Waals surface area (Å²) in [7, 11) is 0. The van der Waals surface area contributed by atoms with E-state index in [1.54, 1.807) is 34.6 Å². The third-order valence-corrected chi connectivity index (χ3v) is 6.97. The molecule has 0 aliphatic rings. The maximum absolute atomic E-state index is 13.9. The molecule has 1 unspecified atom stereocenters. The summed E-state index contributed by atoms with van der Waals surface area (Å²) in [5.41, 5.74) is -0.603. The van der Waals surface area contributed by atoms with Gasteiger partial charge in [0.25, 0.3) is 0 Å². The summed E-state index contributed by atoms with van der Waals surface area (Å²) in [5.74, 6) is -2.13. The summed E-state index contributed by atoms with van der Waals surface area (Å²) in [5, 5.41) is 17.8. The number of ether oxygens (including phenoxy) is 1. The Kier molecular flexibility index (Phi) is 10.7. The normalized spacial score (nSPS) is 12.5. The Bertz CT molecular complexity index is 1290. The van der Waals surface area contributed by atoms with Crippen LogP contribution >= 0.6 is 0 Å². The van der Waals surface area contributed by atoms with Crippen molar-refractivity contribution in [2.75, 3.05) is 6.54 Å². The van der Waals surface area contributed by atoms with Crippen LogP contribution in [0.1, 0.15) is 64.2 Å². The molecule has 0 saturated heterocycles. The number of carboxylic acid groups (broad SMARTS) is 1. The van der Waals surface area contributed by atoms with Crippen LogP contribution in [-0.2, 0) is 24.7 Å². The molecule has 0 aliphatic heterocycles. The lowest BCUT2D eigenvalue weighted by Crippen LogP contribution is -2.53. The van der Waals surface area contributed by atoms with Gasteiger partial charge in [-0.25, -0.2) is 4.79 Å². The fraction of sp³-hybridized carbons (Fsp3) is 0.353. The van der Waals surface area contributed by atoms with Crippen molar-refractivity contribution in [3.05, 3.63) is 108 Å². The van der Waals surface area contributed by atoms with Crippen molar-refractivity contribution in [1.29, 1.82) is 0 Å². The van der Waals surface area contributed by atoms with Crippen molar-refractivity contribution in [1.82, 2.24) is 16.0 Å². The van der Waals surface area contributed by atoms with E-state index in [0.717, 1.165) is 16.7 Å². The van der Waals surface area contributed by atoms with Gasteiger partial charge in [0.2, 0.25) is 11.8 Å². The van der Waals surface area contributed by atoms with E-state index in [4.69, 9.17) is 4.74 Å². The van der Waals surface area contributed by atoms with Gasteiger partial charge in [-0.15, -0.1) is 0 Å². The molecule has 9 heteroatoms. The molecule has 0 bridgehead atoms. The lowest BCUT2D eigenvalue weighted by Gasteiger charge is -2.37. The highest BCUT2D eigenvalue weighted by atomic mass is 16.6. The maximum atomic E-state index is 13.9. The summed E-state index contributed by atoms with van der Waals surface area (Å²) in [6.45, 7) is 8.22. The number of benzene rings is 3. The van der Waals surface area contributed by atoms with Gasteiger partial charge in [0.1, 0.15) is 17.2 Å². The van der Waals surface area contributed by atoms with E-state index < -0.39 is 52.9 Å². The zero-order valence-electron chi connectivity index (χ0n) is 25.3. The van der Waals surface area contributed by atoms with Gasteiger partial charge in [-0.2, -0.15) is 0 Å². The molecule has 0 saturated carbocycles. The van der Waals surface area contributed by atoms with E-state index in [9.17, 15) is 24.3 Å². The number of aliphatic carboxylic acids is 1. The molecule has 3 aromatic rings. The molecular formula is C34H41N3O6. The number of rotatable bonds is 12. The molecule has 4 N–H and O–H groups in total. The molecule has 0 radical (unpaired) electrons. The molecule has 43 heavy (non-hydrogen) atoms. The Morgan fingerprint density at radius 1 is 0.744 bits per heavy atom. The summed E-state index contributed by atoms with van der Waals surface area (Å²) in [6, 6.07) is 27.3. The Morgan fingerprint density at radius 2 is 1.19 bits per heavy atom. The van der Waals surface area contributed by atoms with Gasteiger partial charge in [0, 0.05) is 6.54 Å². The number of nitrogens with one attached hydrogen (secondary N) is 3. The largest absolute Gasteiger partial charge is 0.481 e. The summed E-state index contributed by atoms with van der Waals surface area (Å²) >= 11 is 0. The van der Waals surface area contributed by atoms with Crippen LogP contribution in [0.5, 0.6) is 0 Å². The minimum absolute atomic E-state index is 0.0359. The molecule has 3 aromatic carbocycles. The highest BCUT2D eigenvalue weighted by Gasteiger charge is 2.39. The number of hydrogen-bond acceptors (Lipinski definition) is 5. The second kappa shape index (κ2) is 14.0. The van der Waals surface area contributed by atoms with E-state index in [2.05, 4.69) is 16.0 Å². The van der Waals surface area contributed by atoms with Gasteiger partial charge in [-0.05, 0) is 57.7 Å². The average molecular weight is 588 g/mol. The molecule has 0 spiro atoms. The molecule has 0 heterocycles. The fourth-order valence-electron chi connectivity index (χ4n) is 4.61. The molecule has 0 fully saturated rings. The number of carbonyl (C=O) groups excluding carboxylic acids is 3. The lowest BCUT2D eigenvalue weighted by atomic mass is 9.77. The quantitative estimate of drug-likeness (QED) is 0.221. The third-order valence-electron chi connectivity index (χ3n) is 6.97. The number of hydrogen-bond donors (Lipinski definition) is 4. The lowest BCUT2D eigenvalue weighted by molar-refractivity contribution is -0.147.